The fourth-order valence-corrected chi connectivity index (χ4v) is 10.3. The maximum atomic E-state index is 6.50. The van der Waals surface area contributed by atoms with E-state index in [0.717, 1.165) is 83.2 Å². The molecule has 0 atom stereocenters. The lowest BCUT2D eigenvalue weighted by molar-refractivity contribution is 0.660. The van der Waals surface area contributed by atoms with Crippen molar-refractivity contribution in [3.63, 3.8) is 0 Å². The molecule has 0 saturated carbocycles. The highest BCUT2D eigenvalue weighted by Crippen LogP contribution is 2.52. The van der Waals surface area contributed by atoms with Crippen LogP contribution < -0.4 is 4.90 Å². The Morgan fingerprint density at radius 2 is 0.859 bits per heavy atom. The Kier molecular flexibility index (Phi) is 7.95. The highest BCUT2D eigenvalue weighted by Gasteiger charge is 2.36. The molecule has 0 saturated heterocycles. The summed E-state index contributed by atoms with van der Waals surface area (Å²) in [6, 6.07) is 76.9. The van der Waals surface area contributed by atoms with Gasteiger partial charge in [0.05, 0.1) is 0 Å². The highest BCUT2D eigenvalue weighted by atomic mass is 16.3. The molecule has 0 unspecified atom stereocenters. The molecule has 0 fully saturated rings. The maximum absolute atomic E-state index is 6.50. The van der Waals surface area contributed by atoms with Gasteiger partial charge in [0.1, 0.15) is 22.3 Å². The van der Waals surface area contributed by atoms with Crippen LogP contribution >= 0.6 is 0 Å². The van der Waals surface area contributed by atoms with Crippen LogP contribution in [-0.4, -0.2) is 0 Å². The van der Waals surface area contributed by atoms with E-state index in [1.807, 2.05) is 18.2 Å². The quantitative estimate of drug-likeness (QED) is 0.167. The number of nitrogens with zero attached hydrogens (tertiary/aromatic N) is 1. The predicted octanol–water partition coefficient (Wildman–Crippen LogP) is 17.4. The van der Waals surface area contributed by atoms with E-state index in [-0.39, 0.29) is 5.41 Å². The van der Waals surface area contributed by atoms with Crippen LogP contribution in [0, 0.1) is 0 Å². The second kappa shape index (κ2) is 13.9. The van der Waals surface area contributed by atoms with Gasteiger partial charge in [0, 0.05) is 49.6 Å². The molecule has 0 aliphatic heterocycles. The van der Waals surface area contributed by atoms with E-state index in [1.54, 1.807) is 0 Å². The number of anilines is 3. The summed E-state index contributed by atoms with van der Waals surface area (Å²) in [6.45, 7) is 4.73. The maximum Gasteiger partial charge on any atom is 0.143 e. The molecule has 0 N–H and O–H groups in total. The molecule has 1 aliphatic carbocycles. The van der Waals surface area contributed by atoms with Crippen LogP contribution in [0.1, 0.15) is 25.0 Å². The van der Waals surface area contributed by atoms with Crippen LogP contribution in [0.2, 0.25) is 0 Å². The van der Waals surface area contributed by atoms with Crippen molar-refractivity contribution in [3.8, 4) is 44.5 Å². The Morgan fingerprint density at radius 3 is 1.61 bits per heavy atom. The molecular weight excluding hydrogens is 779 g/mol. The van der Waals surface area contributed by atoms with Gasteiger partial charge in [0.15, 0.2) is 0 Å². The molecule has 3 nitrogen and oxygen atoms in total. The molecule has 2 aromatic heterocycles. The molecule has 3 heteroatoms. The van der Waals surface area contributed by atoms with E-state index in [4.69, 9.17) is 8.83 Å². The highest BCUT2D eigenvalue weighted by molar-refractivity contribution is 6.10. The van der Waals surface area contributed by atoms with Gasteiger partial charge in [-0.05, 0) is 134 Å². The Morgan fingerprint density at radius 1 is 0.328 bits per heavy atom. The second-order valence-corrected chi connectivity index (χ2v) is 17.7. The first kappa shape index (κ1) is 36.5. The summed E-state index contributed by atoms with van der Waals surface area (Å²) in [6.07, 6.45) is 0. The molecule has 0 spiro atoms. The number of hydrogen-bond acceptors (Lipinski definition) is 3. The van der Waals surface area contributed by atoms with Crippen molar-refractivity contribution in [1.29, 1.82) is 0 Å². The summed E-state index contributed by atoms with van der Waals surface area (Å²) in [5, 5.41) is 7.05. The number of hydrogen-bond donors (Lipinski definition) is 0. The first-order chi connectivity index (χ1) is 31.4. The molecule has 2 heterocycles. The zero-order chi connectivity index (χ0) is 42.5. The second-order valence-electron chi connectivity index (χ2n) is 17.7. The predicted molar refractivity (Wildman–Crippen MR) is 267 cm³/mol. The topological polar surface area (TPSA) is 29.5 Å². The largest absolute Gasteiger partial charge is 0.456 e. The average molecular weight is 820 g/mol. The van der Waals surface area contributed by atoms with Gasteiger partial charge >= 0.3 is 0 Å². The van der Waals surface area contributed by atoms with Gasteiger partial charge in [-0.1, -0.05) is 153 Å². The molecule has 1 aliphatic rings. The lowest BCUT2D eigenvalue weighted by Gasteiger charge is -2.28. The monoisotopic (exact) mass is 819 g/mol. The Hall–Kier alpha value is -8.14. The molecule has 64 heavy (non-hydrogen) atoms. The van der Waals surface area contributed by atoms with Crippen LogP contribution in [0.3, 0.4) is 0 Å². The third kappa shape index (κ3) is 5.67. The molecule has 0 amide bonds. The zero-order valence-electron chi connectivity index (χ0n) is 35.5. The normalized spacial score (nSPS) is 13.0. The first-order valence-electron chi connectivity index (χ1n) is 22.1. The van der Waals surface area contributed by atoms with Crippen LogP contribution in [0.15, 0.2) is 221 Å². The van der Waals surface area contributed by atoms with Crippen molar-refractivity contribution >= 4 is 71.7 Å². The summed E-state index contributed by atoms with van der Waals surface area (Å²) in [5.74, 6) is 0. The minimum Gasteiger partial charge on any atom is -0.456 e. The number of rotatable bonds is 6. The van der Waals surface area contributed by atoms with E-state index in [2.05, 4.69) is 213 Å². The summed E-state index contributed by atoms with van der Waals surface area (Å²) >= 11 is 0. The summed E-state index contributed by atoms with van der Waals surface area (Å²) in [7, 11) is 0. The number of para-hydroxylation sites is 3. The third-order valence-electron chi connectivity index (χ3n) is 13.7. The van der Waals surface area contributed by atoms with Crippen LogP contribution in [-0.2, 0) is 5.41 Å². The smallest absolute Gasteiger partial charge is 0.143 e. The summed E-state index contributed by atoms with van der Waals surface area (Å²) in [4.78, 5) is 2.40. The molecule has 302 valence electrons. The van der Waals surface area contributed by atoms with Gasteiger partial charge in [0.25, 0.3) is 0 Å². The molecule has 13 rings (SSSR count). The zero-order valence-corrected chi connectivity index (χ0v) is 35.5. The van der Waals surface area contributed by atoms with Gasteiger partial charge in [-0.15, -0.1) is 0 Å². The molecular formula is C61H41NO2. The third-order valence-corrected chi connectivity index (χ3v) is 13.7. The van der Waals surface area contributed by atoms with Crippen molar-refractivity contribution in [3.05, 3.63) is 223 Å². The lowest BCUT2D eigenvalue weighted by atomic mass is 9.81. The fraction of sp³-hybridized carbons (Fsp3) is 0.0492. The van der Waals surface area contributed by atoms with Crippen molar-refractivity contribution in [2.24, 2.45) is 0 Å². The number of fused-ring (bicyclic) bond motifs is 10. The Labute approximate surface area is 371 Å². The molecule has 10 aromatic carbocycles. The van der Waals surface area contributed by atoms with Gasteiger partial charge in [0.2, 0.25) is 0 Å². The average Bonchev–Trinajstić information content (AvgIpc) is 3.99. The van der Waals surface area contributed by atoms with E-state index in [1.165, 1.54) is 44.2 Å². The minimum atomic E-state index is -0.246. The molecule has 0 radical (unpaired) electrons. The van der Waals surface area contributed by atoms with Crippen LogP contribution in [0.5, 0.6) is 0 Å². The first-order valence-corrected chi connectivity index (χ1v) is 22.1. The van der Waals surface area contributed by atoms with Crippen molar-refractivity contribution in [2.75, 3.05) is 4.90 Å². The number of benzene rings is 10. The minimum absolute atomic E-state index is 0.246. The standard InChI is InChI=1S/C61H41NO2/c1-61(2)55-36-44(48-14-9-15-53-51-12-5-8-17-58(51)64-60(48)53)24-31-49(55)50-32-30-47(37-56(50)61)62(45-26-20-39(21-27-45)42-19-18-38-10-3-4-11-41(38)34-42)46-28-22-40(23-29-46)43-25-33-59-54(35-43)52-13-6-7-16-57(52)63-59/h3-37H,1-2H3. The van der Waals surface area contributed by atoms with E-state index in [0.29, 0.717) is 0 Å². The van der Waals surface area contributed by atoms with Gasteiger partial charge in [-0.2, -0.15) is 0 Å². The molecule has 12 aromatic rings. The van der Waals surface area contributed by atoms with Gasteiger partial charge in [-0.25, -0.2) is 0 Å². The van der Waals surface area contributed by atoms with Gasteiger partial charge in [-0.3, -0.25) is 0 Å². The number of furan rings is 2. The molecule has 0 bridgehead atoms. The van der Waals surface area contributed by atoms with Crippen molar-refractivity contribution in [2.45, 2.75) is 19.3 Å². The van der Waals surface area contributed by atoms with Crippen molar-refractivity contribution in [1.82, 2.24) is 0 Å². The SMILES string of the molecule is CC1(C)c2cc(-c3cccc4c3oc3ccccc34)ccc2-c2ccc(N(c3ccc(-c4ccc5ccccc5c4)cc3)c3ccc(-c4ccc5oc6ccccc6c5c4)cc3)cc21. The van der Waals surface area contributed by atoms with Crippen LogP contribution in [0.4, 0.5) is 17.1 Å². The van der Waals surface area contributed by atoms with Gasteiger partial charge < -0.3 is 13.7 Å². The summed E-state index contributed by atoms with van der Waals surface area (Å²) in [5.41, 5.74) is 18.9. The lowest BCUT2D eigenvalue weighted by Crippen LogP contribution is -2.16. The summed E-state index contributed by atoms with van der Waals surface area (Å²) < 4.78 is 12.7. The Balaban J connectivity index is 0.900. The fourth-order valence-electron chi connectivity index (χ4n) is 10.3. The Bertz CT molecular complexity index is 3810. The van der Waals surface area contributed by atoms with Crippen LogP contribution in [0.25, 0.3) is 99.2 Å². The van der Waals surface area contributed by atoms with E-state index < -0.39 is 0 Å². The van der Waals surface area contributed by atoms with E-state index in [9.17, 15) is 0 Å². The van der Waals surface area contributed by atoms with E-state index >= 15 is 0 Å². The van der Waals surface area contributed by atoms with Crippen molar-refractivity contribution < 1.29 is 8.83 Å².